The van der Waals surface area contributed by atoms with Gasteiger partial charge in [-0.15, -0.1) is 17.9 Å². The number of aromatic nitrogens is 2. The average Bonchev–Trinajstić information content (AvgIpc) is 2.87. The summed E-state index contributed by atoms with van der Waals surface area (Å²) in [5.41, 5.74) is 1.06. The number of thiophene rings is 1. The van der Waals surface area contributed by atoms with E-state index >= 15 is 0 Å². The van der Waals surface area contributed by atoms with E-state index in [9.17, 15) is 9.59 Å². The van der Waals surface area contributed by atoms with Crippen LogP contribution in [-0.4, -0.2) is 26.9 Å². The molecule has 2 aromatic heterocycles. The fourth-order valence-electron chi connectivity index (χ4n) is 2.84. The minimum absolute atomic E-state index is 0.00104. The standard InChI is InChI=1S/C16H19N3O2S/c1-4-6-19-9-17-14-13(16(19)21)11-5-7-18(8-12(11)22-14)15(20)10(2)3/h4,9-10H,1,5-8H2,2-3H3. The third-order valence-electron chi connectivity index (χ3n) is 3.96. The molecule has 22 heavy (non-hydrogen) atoms. The number of carbonyl (C=O) groups excluding carboxylic acids is 1. The van der Waals surface area contributed by atoms with E-state index < -0.39 is 0 Å². The molecule has 3 rings (SSSR count). The van der Waals surface area contributed by atoms with Crippen LogP contribution in [0.25, 0.3) is 10.2 Å². The molecule has 3 heterocycles. The fourth-order valence-corrected chi connectivity index (χ4v) is 4.03. The molecule has 0 unspecified atom stereocenters. The lowest BCUT2D eigenvalue weighted by molar-refractivity contribution is -0.135. The Morgan fingerprint density at radius 3 is 3.00 bits per heavy atom. The zero-order chi connectivity index (χ0) is 15.9. The molecule has 116 valence electrons. The molecule has 0 bridgehead atoms. The largest absolute Gasteiger partial charge is 0.337 e. The number of carbonyl (C=O) groups is 1. The molecule has 0 spiro atoms. The number of nitrogens with zero attached hydrogens (tertiary/aromatic N) is 3. The molecule has 0 fully saturated rings. The van der Waals surface area contributed by atoms with Gasteiger partial charge in [-0.25, -0.2) is 4.98 Å². The van der Waals surface area contributed by atoms with E-state index in [0.29, 0.717) is 19.6 Å². The topological polar surface area (TPSA) is 55.2 Å². The first-order valence-electron chi connectivity index (χ1n) is 7.42. The average molecular weight is 317 g/mol. The molecule has 1 aliphatic rings. The van der Waals surface area contributed by atoms with Gasteiger partial charge in [0.25, 0.3) is 5.56 Å². The highest BCUT2D eigenvalue weighted by Crippen LogP contribution is 2.32. The molecule has 0 aliphatic carbocycles. The van der Waals surface area contributed by atoms with E-state index in [2.05, 4.69) is 11.6 Å². The van der Waals surface area contributed by atoms with Crippen LogP contribution in [0.5, 0.6) is 0 Å². The minimum Gasteiger partial charge on any atom is -0.337 e. The zero-order valence-corrected chi connectivity index (χ0v) is 13.7. The van der Waals surface area contributed by atoms with Gasteiger partial charge in [0.2, 0.25) is 5.91 Å². The van der Waals surface area contributed by atoms with Gasteiger partial charge >= 0.3 is 0 Å². The van der Waals surface area contributed by atoms with Crippen molar-refractivity contribution in [3.8, 4) is 0 Å². The van der Waals surface area contributed by atoms with E-state index in [1.54, 1.807) is 17.0 Å². The van der Waals surface area contributed by atoms with E-state index in [4.69, 9.17) is 0 Å². The van der Waals surface area contributed by atoms with E-state index in [1.807, 2.05) is 18.7 Å². The van der Waals surface area contributed by atoms with E-state index in [0.717, 1.165) is 27.1 Å². The zero-order valence-electron chi connectivity index (χ0n) is 12.8. The third-order valence-corrected chi connectivity index (χ3v) is 5.08. The number of rotatable bonds is 3. The first-order chi connectivity index (χ1) is 10.5. The van der Waals surface area contributed by atoms with Crippen LogP contribution >= 0.6 is 11.3 Å². The second kappa shape index (κ2) is 5.68. The van der Waals surface area contributed by atoms with Crippen molar-refractivity contribution in [1.29, 1.82) is 0 Å². The van der Waals surface area contributed by atoms with E-state index in [1.165, 1.54) is 11.3 Å². The monoisotopic (exact) mass is 317 g/mol. The number of allylic oxidation sites excluding steroid dienone is 1. The van der Waals surface area contributed by atoms with Gasteiger partial charge in [0.05, 0.1) is 18.3 Å². The summed E-state index contributed by atoms with van der Waals surface area (Å²) in [5, 5.41) is 0.723. The molecule has 0 saturated heterocycles. The van der Waals surface area contributed by atoms with Crippen molar-refractivity contribution < 1.29 is 4.79 Å². The highest BCUT2D eigenvalue weighted by atomic mass is 32.1. The Kier molecular flexibility index (Phi) is 3.87. The Labute approximate surface area is 132 Å². The Morgan fingerprint density at radius 1 is 1.55 bits per heavy atom. The highest BCUT2D eigenvalue weighted by molar-refractivity contribution is 7.18. The molecule has 0 radical (unpaired) electrons. The van der Waals surface area contributed by atoms with Crippen molar-refractivity contribution in [3.05, 3.63) is 39.8 Å². The maximum Gasteiger partial charge on any atom is 0.262 e. The summed E-state index contributed by atoms with van der Waals surface area (Å²) < 4.78 is 1.58. The molecule has 0 atom stereocenters. The summed E-state index contributed by atoms with van der Waals surface area (Å²) in [6, 6.07) is 0. The quantitative estimate of drug-likeness (QED) is 0.815. The van der Waals surface area contributed by atoms with Crippen molar-refractivity contribution in [2.45, 2.75) is 33.4 Å². The Hall–Kier alpha value is -1.95. The second-order valence-electron chi connectivity index (χ2n) is 5.84. The number of hydrogen-bond donors (Lipinski definition) is 0. The van der Waals surface area contributed by atoms with Gasteiger partial charge in [-0.05, 0) is 12.0 Å². The Bertz CT molecular complexity index is 804. The molecule has 1 amide bonds. The van der Waals surface area contributed by atoms with Crippen LogP contribution in [0, 0.1) is 5.92 Å². The van der Waals surface area contributed by atoms with Crippen LogP contribution in [0.3, 0.4) is 0 Å². The third kappa shape index (κ3) is 2.37. The summed E-state index contributed by atoms with van der Waals surface area (Å²) in [6.45, 7) is 9.23. The van der Waals surface area contributed by atoms with Gasteiger partial charge in [0.15, 0.2) is 0 Å². The number of fused-ring (bicyclic) bond motifs is 3. The Morgan fingerprint density at radius 2 is 2.32 bits per heavy atom. The second-order valence-corrected chi connectivity index (χ2v) is 6.92. The number of hydrogen-bond acceptors (Lipinski definition) is 4. The maximum absolute atomic E-state index is 12.6. The van der Waals surface area contributed by atoms with Crippen molar-refractivity contribution in [2.75, 3.05) is 6.54 Å². The van der Waals surface area contributed by atoms with Crippen LogP contribution in [0.2, 0.25) is 0 Å². The lowest BCUT2D eigenvalue weighted by Crippen LogP contribution is -2.38. The molecule has 0 saturated carbocycles. The fraction of sp³-hybridized carbons (Fsp3) is 0.438. The van der Waals surface area contributed by atoms with Gasteiger partial charge in [0, 0.05) is 23.9 Å². The van der Waals surface area contributed by atoms with Gasteiger partial charge in [-0.3, -0.25) is 14.2 Å². The molecule has 1 aliphatic heterocycles. The smallest absolute Gasteiger partial charge is 0.262 e. The predicted octanol–water partition coefficient (Wildman–Crippen LogP) is 2.18. The minimum atomic E-state index is -0.00830. The highest BCUT2D eigenvalue weighted by Gasteiger charge is 2.27. The Balaban J connectivity index is 2.04. The molecule has 5 nitrogen and oxygen atoms in total. The van der Waals surface area contributed by atoms with Crippen molar-refractivity contribution in [3.63, 3.8) is 0 Å². The summed E-state index contributed by atoms with van der Waals surface area (Å²) in [4.78, 5) is 32.9. The summed E-state index contributed by atoms with van der Waals surface area (Å²) in [5.74, 6) is 0.166. The summed E-state index contributed by atoms with van der Waals surface area (Å²) in [7, 11) is 0. The van der Waals surface area contributed by atoms with Gasteiger partial charge in [-0.2, -0.15) is 0 Å². The van der Waals surface area contributed by atoms with E-state index in [-0.39, 0.29) is 17.4 Å². The normalized spacial score (nSPS) is 14.4. The maximum atomic E-state index is 12.6. The van der Waals surface area contributed by atoms with Crippen LogP contribution in [0.1, 0.15) is 24.3 Å². The molecule has 6 heteroatoms. The predicted molar refractivity (Wildman–Crippen MR) is 88.0 cm³/mol. The lowest BCUT2D eigenvalue weighted by atomic mass is 10.0. The van der Waals surface area contributed by atoms with Crippen LogP contribution in [0.15, 0.2) is 23.8 Å². The van der Waals surface area contributed by atoms with Crippen LogP contribution in [-0.2, 0) is 24.3 Å². The van der Waals surface area contributed by atoms with Crippen molar-refractivity contribution in [1.82, 2.24) is 14.5 Å². The lowest BCUT2D eigenvalue weighted by Gasteiger charge is -2.28. The van der Waals surface area contributed by atoms with Crippen molar-refractivity contribution >= 4 is 27.5 Å². The molecular formula is C16H19N3O2S. The molecule has 0 aromatic carbocycles. The first kappa shape index (κ1) is 15.0. The molecule has 0 N–H and O–H groups in total. The summed E-state index contributed by atoms with van der Waals surface area (Å²) >= 11 is 1.53. The van der Waals surface area contributed by atoms with Gasteiger partial charge in [0.1, 0.15) is 4.83 Å². The van der Waals surface area contributed by atoms with Gasteiger partial charge in [-0.1, -0.05) is 19.9 Å². The van der Waals surface area contributed by atoms with Gasteiger partial charge < -0.3 is 4.90 Å². The molecular weight excluding hydrogens is 298 g/mol. The van der Waals surface area contributed by atoms with Crippen molar-refractivity contribution in [2.24, 2.45) is 5.92 Å². The van der Waals surface area contributed by atoms with Crippen LogP contribution in [0.4, 0.5) is 0 Å². The SMILES string of the molecule is C=CCn1cnc2sc3c(c2c1=O)CCN(C(=O)C(C)C)C3. The first-order valence-corrected chi connectivity index (χ1v) is 8.24. The summed E-state index contributed by atoms with van der Waals surface area (Å²) in [6.07, 6.45) is 3.99. The van der Waals surface area contributed by atoms with Crippen LogP contribution < -0.4 is 5.56 Å². The molecule has 2 aromatic rings. The number of amides is 1.